The Morgan fingerprint density at radius 2 is 1.24 bits per heavy atom. The van der Waals surface area contributed by atoms with Crippen molar-refractivity contribution in [2.75, 3.05) is 0 Å². The molecule has 0 spiro atoms. The molecule has 0 aromatic carbocycles. The second-order valence-electron chi connectivity index (χ2n) is 4.32. The molecule has 124 valence electrons. The van der Waals surface area contributed by atoms with E-state index in [4.69, 9.17) is 0 Å². The van der Waals surface area contributed by atoms with Crippen LogP contribution in [0.2, 0.25) is 18.1 Å². The summed E-state index contributed by atoms with van der Waals surface area (Å²) >= 11 is 0. The molecule has 0 aliphatic carbocycles. The van der Waals surface area contributed by atoms with E-state index in [1.165, 1.54) is 0 Å². The van der Waals surface area contributed by atoms with E-state index in [0.29, 0.717) is 0 Å². The summed E-state index contributed by atoms with van der Waals surface area (Å²) in [4.78, 5) is 11.3. The van der Waals surface area contributed by atoms with Crippen molar-refractivity contribution in [2.45, 2.75) is 51.3 Å². The first-order valence-electron chi connectivity index (χ1n) is 6.12. The van der Waals surface area contributed by atoms with Crippen molar-refractivity contribution in [3.8, 4) is 0 Å². The topological polar surface area (TPSA) is 26.3 Å². The van der Waals surface area contributed by atoms with Gasteiger partial charge in [-0.3, -0.25) is 0 Å². The maximum atomic E-state index is 13.4. The molecule has 0 aromatic heterocycles. The Morgan fingerprint density at radius 3 is 1.48 bits per heavy atom. The molecule has 0 aliphatic rings. The molecule has 0 bridgehead atoms. The molecule has 0 aromatic rings. The lowest BCUT2D eigenvalue weighted by atomic mass is 10.2. The maximum Gasteiger partial charge on any atom is 0.424 e. The van der Waals surface area contributed by atoms with Gasteiger partial charge in [-0.05, 0) is 18.1 Å². The number of hydrogen-bond acceptors (Lipinski definition) is 2. The van der Waals surface area contributed by atoms with Gasteiger partial charge in [-0.2, -0.15) is 30.7 Å². The van der Waals surface area contributed by atoms with E-state index in [1.807, 2.05) is 0 Å². The summed E-state index contributed by atoms with van der Waals surface area (Å²) in [5.41, 5.74) is -3.47. The standard InChI is InChI=1S/C11H15F7O2Si/c1-4-21(5-2,6-3)20-9(19)7(12)8(10(13,14)15)11(16,17)18/h4-6H2,1-3H3. The van der Waals surface area contributed by atoms with E-state index in [1.54, 1.807) is 20.8 Å². The Hall–Kier alpha value is -1.06. The summed E-state index contributed by atoms with van der Waals surface area (Å²) < 4.78 is 91.8. The van der Waals surface area contributed by atoms with Crippen LogP contribution in [0.3, 0.4) is 0 Å². The number of hydrogen-bond donors (Lipinski definition) is 0. The minimum absolute atomic E-state index is 0.270. The third kappa shape index (κ3) is 5.01. The van der Waals surface area contributed by atoms with E-state index in [9.17, 15) is 35.5 Å². The molecular weight excluding hydrogens is 325 g/mol. The predicted molar refractivity (Wildman–Crippen MR) is 63.5 cm³/mol. The number of allylic oxidation sites excluding steroid dienone is 1. The molecule has 0 N–H and O–H groups in total. The van der Waals surface area contributed by atoms with Gasteiger partial charge in [0.25, 0.3) is 8.32 Å². The van der Waals surface area contributed by atoms with Crippen LogP contribution < -0.4 is 0 Å². The second kappa shape index (κ2) is 6.80. The van der Waals surface area contributed by atoms with Gasteiger partial charge in [-0.25, -0.2) is 4.79 Å². The molecule has 0 amide bonds. The summed E-state index contributed by atoms with van der Waals surface area (Å²) in [6, 6.07) is 0.811. The highest BCUT2D eigenvalue weighted by atomic mass is 28.4. The van der Waals surface area contributed by atoms with Crippen molar-refractivity contribution in [3.05, 3.63) is 11.4 Å². The Morgan fingerprint density at radius 1 is 0.905 bits per heavy atom. The molecule has 0 radical (unpaired) electrons. The van der Waals surface area contributed by atoms with Gasteiger partial charge < -0.3 is 4.43 Å². The van der Waals surface area contributed by atoms with Gasteiger partial charge >= 0.3 is 18.3 Å². The highest BCUT2D eigenvalue weighted by molar-refractivity contribution is 6.75. The fourth-order valence-corrected chi connectivity index (χ4v) is 4.14. The minimum atomic E-state index is -6.03. The third-order valence-electron chi connectivity index (χ3n) is 3.21. The van der Waals surface area contributed by atoms with Crippen molar-refractivity contribution in [3.63, 3.8) is 0 Å². The Balaban J connectivity index is 5.69. The van der Waals surface area contributed by atoms with Crippen LogP contribution in [-0.2, 0) is 9.22 Å². The summed E-state index contributed by atoms with van der Waals surface area (Å²) in [5.74, 6) is -5.14. The molecule has 0 atom stereocenters. The van der Waals surface area contributed by atoms with Crippen LogP contribution in [-0.4, -0.2) is 26.6 Å². The van der Waals surface area contributed by atoms with Crippen LogP contribution in [0.25, 0.3) is 0 Å². The molecule has 0 fully saturated rings. The number of rotatable bonds is 5. The van der Waals surface area contributed by atoms with Crippen molar-refractivity contribution >= 4 is 14.3 Å². The number of carbonyl (C=O) groups excluding carboxylic acids is 1. The third-order valence-corrected chi connectivity index (χ3v) is 7.69. The second-order valence-corrected chi connectivity index (χ2v) is 9.01. The van der Waals surface area contributed by atoms with E-state index in [2.05, 4.69) is 4.43 Å². The fraction of sp³-hybridized carbons (Fsp3) is 0.727. The van der Waals surface area contributed by atoms with Gasteiger partial charge in [0, 0.05) is 0 Å². The molecule has 0 rings (SSSR count). The van der Waals surface area contributed by atoms with Gasteiger partial charge in [0.15, 0.2) is 5.57 Å². The predicted octanol–water partition coefficient (Wildman–Crippen LogP) is 4.88. The van der Waals surface area contributed by atoms with Gasteiger partial charge in [-0.15, -0.1) is 0 Å². The lowest BCUT2D eigenvalue weighted by Gasteiger charge is -2.27. The largest absolute Gasteiger partial charge is 0.514 e. The first-order valence-corrected chi connectivity index (χ1v) is 8.65. The van der Waals surface area contributed by atoms with Gasteiger partial charge in [0.2, 0.25) is 5.83 Å². The minimum Gasteiger partial charge on any atom is -0.514 e. The maximum absolute atomic E-state index is 13.4. The summed E-state index contributed by atoms with van der Waals surface area (Å²) in [7, 11) is -2.87. The highest BCUT2D eigenvalue weighted by Crippen LogP contribution is 2.41. The van der Waals surface area contributed by atoms with E-state index < -0.39 is 38.0 Å². The molecule has 0 heterocycles. The number of carbonyl (C=O) groups is 1. The smallest absolute Gasteiger partial charge is 0.424 e. The molecule has 0 saturated heterocycles. The zero-order valence-electron chi connectivity index (χ0n) is 11.6. The summed E-state index contributed by atoms with van der Waals surface area (Å²) in [6.07, 6.45) is -12.1. The Labute approximate surface area is 118 Å². The van der Waals surface area contributed by atoms with Crippen molar-refractivity contribution < 1.29 is 40.0 Å². The zero-order chi connectivity index (χ0) is 17.1. The number of halogens is 7. The van der Waals surface area contributed by atoms with Crippen LogP contribution in [0.5, 0.6) is 0 Å². The number of alkyl halides is 6. The van der Waals surface area contributed by atoms with Crippen molar-refractivity contribution in [1.82, 2.24) is 0 Å². The molecule has 0 aliphatic heterocycles. The average molecular weight is 340 g/mol. The lowest BCUT2D eigenvalue weighted by molar-refractivity contribution is -0.176. The summed E-state index contributed by atoms with van der Waals surface area (Å²) in [6.45, 7) is 4.76. The van der Waals surface area contributed by atoms with Crippen LogP contribution in [0, 0.1) is 0 Å². The van der Waals surface area contributed by atoms with E-state index >= 15 is 0 Å². The Kier molecular flexibility index (Phi) is 6.45. The van der Waals surface area contributed by atoms with Gasteiger partial charge in [-0.1, -0.05) is 20.8 Å². The zero-order valence-corrected chi connectivity index (χ0v) is 12.6. The SMILES string of the molecule is CC[Si](CC)(CC)OC(=O)C(F)=C(C(F)(F)F)C(F)(F)F. The monoisotopic (exact) mass is 340 g/mol. The van der Waals surface area contributed by atoms with Crippen molar-refractivity contribution in [2.24, 2.45) is 0 Å². The molecular formula is C11H15F7O2Si. The van der Waals surface area contributed by atoms with Crippen molar-refractivity contribution in [1.29, 1.82) is 0 Å². The van der Waals surface area contributed by atoms with E-state index in [0.717, 1.165) is 0 Å². The van der Waals surface area contributed by atoms with Crippen LogP contribution >= 0.6 is 0 Å². The van der Waals surface area contributed by atoms with Gasteiger partial charge in [0.1, 0.15) is 0 Å². The average Bonchev–Trinajstić information content (AvgIpc) is 2.32. The molecule has 21 heavy (non-hydrogen) atoms. The first kappa shape index (κ1) is 19.9. The molecule has 0 saturated carbocycles. The molecule has 0 unspecified atom stereocenters. The summed E-state index contributed by atoms with van der Waals surface area (Å²) in [5, 5.41) is 0. The van der Waals surface area contributed by atoms with Crippen LogP contribution in [0.1, 0.15) is 20.8 Å². The lowest BCUT2D eigenvalue weighted by Crippen LogP contribution is -2.39. The fourth-order valence-electron chi connectivity index (χ4n) is 1.72. The van der Waals surface area contributed by atoms with Crippen LogP contribution in [0.4, 0.5) is 30.7 Å². The first-order chi connectivity index (χ1) is 9.34. The van der Waals surface area contributed by atoms with E-state index in [-0.39, 0.29) is 18.1 Å². The Bertz CT molecular complexity index is 384. The normalized spacial score (nSPS) is 13.0. The quantitative estimate of drug-likeness (QED) is 0.405. The van der Waals surface area contributed by atoms with Gasteiger partial charge in [0.05, 0.1) is 0 Å². The molecule has 10 heteroatoms. The van der Waals surface area contributed by atoms with Crippen LogP contribution in [0.15, 0.2) is 11.4 Å². The molecule has 2 nitrogen and oxygen atoms in total. The highest BCUT2D eigenvalue weighted by Gasteiger charge is 2.55.